The minimum absolute atomic E-state index is 0.0148. The van der Waals surface area contributed by atoms with Crippen LogP contribution in [0, 0.1) is 11.6 Å². The number of hydrogen-bond donors (Lipinski definition) is 0. The van der Waals surface area contributed by atoms with E-state index < -0.39 is 11.6 Å². The largest absolute Gasteiger partial charge is 0.391 e. The molecule has 0 saturated heterocycles. The molecule has 0 atom stereocenters. The first-order chi connectivity index (χ1) is 6.74. The fourth-order valence-corrected chi connectivity index (χ4v) is 0.851. The molecule has 75 valence electrons. The molecule has 0 spiro atoms. The summed E-state index contributed by atoms with van der Waals surface area (Å²) in [5, 5.41) is 3.44. The Kier molecular flexibility index (Phi) is 4.04. The standard InChI is InChI=1S/C10H10F2NO/c1-2-5-13-14-7-8-3-4-9(11)6-10(8)12/h3-4,6H,2,7H2,1H3. The van der Waals surface area contributed by atoms with Crippen LogP contribution in [0.25, 0.3) is 0 Å². The van der Waals surface area contributed by atoms with E-state index in [1.807, 2.05) is 6.92 Å². The van der Waals surface area contributed by atoms with E-state index in [4.69, 9.17) is 4.84 Å². The zero-order chi connectivity index (χ0) is 10.4. The van der Waals surface area contributed by atoms with Crippen molar-refractivity contribution in [3.8, 4) is 0 Å². The smallest absolute Gasteiger partial charge is 0.145 e. The van der Waals surface area contributed by atoms with Crippen LogP contribution >= 0.6 is 0 Å². The topological polar surface area (TPSA) is 21.6 Å². The molecule has 1 aromatic carbocycles. The van der Waals surface area contributed by atoms with Crippen LogP contribution in [0.2, 0.25) is 0 Å². The minimum atomic E-state index is -0.628. The maximum absolute atomic E-state index is 13.0. The average Bonchev–Trinajstić information content (AvgIpc) is 2.15. The van der Waals surface area contributed by atoms with Crippen LogP contribution in [0.3, 0.4) is 0 Å². The molecule has 0 saturated carbocycles. The Bertz CT molecular complexity index is 326. The molecule has 0 aliphatic rings. The van der Waals surface area contributed by atoms with Gasteiger partial charge in [0.1, 0.15) is 24.5 Å². The Morgan fingerprint density at radius 2 is 2.21 bits per heavy atom. The van der Waals surface area contributed by atoms with E-state index in [-0.39, 0.29) is 12.2 Å². The van der Waals surface area contributed by atoms with Crippen molar-refractivity contribution in [2.75, 3.05) is 0 Å². The molecule has 0 aliphatic heterocycles. The van der Waals surface area contributed by atoms with Gasteiger partial charge in [-0.05, 0) is 18.6 Å². The van der Waals surface area contributed by atoms with Crippen molar-refractivity contribution >= 4 is 6.21 Å². The van der Waals surface area contributed by atoms with E-state index in [2.05, 4.69) is 11.4 Å². The Morgan fingerprint density at radius 1 is 1.43 bits per heavy atom. The zero-order valence-electron chi connectivity index (χ0n) is 7.76. The van der Waals surface area contributed by atoms with Crippen LogP contribution in [-0.2, 0) is 11.4 Å². The summed E-state index contributed by atoms with van der Waals surface area (Å²) in [6, 6.07) is 3.31. The van der Waals surface area contributed by atoms with E-state index in [1.54, 1.807) is 0 Å². The Balaban J connectivity index is 2.55. The summed E-state index contributed by atoms with van der Waals surface area (Å²) in [5.41, 5.74) is 0.271. The highest BCUT2D eigenvalue weighted by Crippen LogP contribution is 2.10. The van der Waals surface area contributed by atoms with Gasteiger partial charge >= 0.3 is 0 Å². The van der Waals surface area contributed by atoms with E-state index in [1.165, 1.54) is 12.1 Å². The molecule has 1 rings (SSSR count). The Hall–Kier alpha value is -1.45. The van der Waals surface area contributed by atoms with Crippen molar-refractivity contribution in [3.05, 3.63) is 35.4 Å². The molecule has 1 aromatic rings. The molecule has 0 amide bonds. The molecule has 0 aliphatic carbocycles. The molecule has 0 bridgehead atoms. The summed E-state index contributed by atoms with van der Waals surface area (Å²) < 4.78 is 25.5. The third-order valence-corrected chi connectivity index (χ3v) is 1.52. The second kappa shape index (κ2) is 5.32. The molecule has 0 unspecified atom stereocenters. The van der Waals surface area contributed by atoms with Crippen LogP contribution in [0.1, 0.15) is 18.9 Å². The molecule has 0 aromatic heterocycles. The van der Waals surface area contributed by atoms with Gasteiger partial charge in [0.15, 0.2) is 0 Å². The highest BCUT2D eigenvalue weighted by molar-refractivity contribution is 5.55. The average molecular weight is 198 g/mol. The van der Waals surface area contributed by atoms with Crippen molar-refractivity contribution in [3.63, 3.8) is 0 Å². The van der Waals surface area contributed by atoms with Crippen LogP contribution in [-0.4, -0.2) is 6.21 Å². The minimum Gasteiger partial charge on any atom is -0.391 e. The number of halogens is 2. The fraction of sp³-hybridized carbons (Fsp3) is 0.300. The van der Waals surface area contributed by atoms with Gasteiger partial charge in [-0.2, -0.15) is 0 Å². The monoisotopic (exact) mass is 198 g/mol. The van der Waals surface area contributed by atoms with E-state index in [0.717, 1.165) is 6.07 Å². The third-order valence-electron chi connectivity index (χ3n) is 1.52. The third kappa shape index (κ3) is 3.12. The zero-order valence-corrected chi connectivity index (χ0v) is 7.76. The van der Waals surface area contributed by atoms with Gasteiger partial charge in [-0.25, -0.2) is 8.78 Å². The lowest BCUT2D eigenvalue weighted by Crippen LogP contribution is -1.93. The van der Waals surface area contributed by atoms with Crippen molar-refractivity contribution in [2.45, 2.75) is 20.0 Å². The molecular formula is C10H10F2NO. The molecule has 2 nitrogen and oxygen atoms in total. The molecule has 0 N–H and O–H groups in total. The first kappa shape index (κ1) is 10.6. The summed E-state index contributed by atoms with van der Waals surface area (Å²) in [7, 11) is 0. The number of benzene rings is 1. The number of nitrogens with zero attached hydrogens (tertiary/aromatic N) is 1. The number of hydrogen-bond acceptors (Lipinski definition) is 2. The SMILES string of the molecule is CC/[C]=N\OCc1ccc(F)cc1F. The highest BCUT2D eigenvalue weighted by atomic mass is 19.1. The first-order valence-electron chi connectivity index (χ1n) is 4.23. The lowest BCUT2D eigenvalue weighted by Gasteiger charge is -2.00. The fourth-order valence-electron chi connectivity index (χ4n) is 0.851. The molecule has 1 radical (unpaired) electrons. The van der Waals surface area contributed by atoms with E-state index >= 15 is 0 Å². The van der Waals surface area contributed by atoms with Gasteiger partial charge in [0.2, 0.25) is 0 Å². The predicted molar refractivity (Wildman–Crippen MR) is 48.9 cm³/mol. The van der Waals surface area contributed by atoms with Crippen molar-refractivity contribution in [2.24, 2.45) is 5.16 Å². The van der Waals surface area contributed by atoms with Gasteiger partial charge in [-0.15, -0.1) is 0 Å². The highest BCUT2D eigenvalue weighted by Gasteiger charge is 2.03. The van der Waals surface area contributed by atoms with Crippen molar-refractivity contribution < 1.29 is 13.6 Å². The molecule has 0 fully saturated rings. The summed E-state index contributed by atoms with van der Waals surface area (Å²) in [6.07, 6.45) is 3.19. The van der Waals surface area contributed by atoms with Crippen LogP contribution in [0.15, 0.2) is 23.4 Å². The summed E-state index contributed by atoms with van der Waals surface area (Å²) >= 11 is 0. The summed E-state index contributed by atoms with van der Waals surface area (Å²) in [4.78, 5) is 4.73. The molecule has 4 heteroatoms. The molecule has 14 heavy (non-hydrogen) atoms. The Morgan fingerprint density at radius 3 is 2.86 bits per heavy atom. The number of rotatable bonds is 4. The van der Waals surface area contributed by atoms with E-state index in [9.17, 15) is 8.78 Å². The van der Waals surface area contributed by atoms with Crippen LogP contribution in [0.5, 0.6) is 0 Å². The maximum Gasteiger partial charge on any atom is 0.145 e. The summed E-state index contributed by atoms with van der Waals surface area (Å²) in [5.74, 6) is -1.23. The second-order valence-electron chi connectivity index (χ2n) is 2.61. The van der Waals surface area contributed by atoms with Gasteiger partial charge in [0.25, 0.3) is 0 Å². The van der Waals surface area contributed by atoms with Gasteiger partial charge in [-0.3, -0.25) is 0 Å². The van der Waals surface area contributed by atoms with Gasteiger partial charge in [-0.1, -0.05) is 12.1 Å². The first-order valence-corrected chi connectivity index (χ1v) is 4.23. The van der Waals surface area contributed by atoms with Crippen LogP contribution in [0.4, 0.5) is 8.78 Å². The normalized spacial score (nSPS) is 10.8. The molecule has 0 heterocycles. The second-order valence-corrected chi connectivity index (χ2v) is 2.61. The Labute approximate surface area is 81.2 Å². The molecular weight excluding hydrogens is 188 g/mol. The van der Waals surface area contributed by atoms with Gasteiger partial charge < -0.3 is 4.84 Å². The maximum atomic E-state index is 13.0. The van der Waals surface area contributed by atoms with Crippen molar-refractivity contribution in [1.82, 2.24) is 0 Å². The lowest BCUT2D eigenvalue weighted by molar-refractivity contribution is 0.129. The van der Waals surface area contributed by atoms with E-state index in [0.29, 0.717) is 6.42 Å². The van der Waals surface area contributed by atoms with Crippen molar-refractivity contribution in [1.29, 1.82) is 0 Å². The predicted octanol–water partition coefficient (Wildman–Crippen LogP) is 2.75. The van der Waals surface area contributed by atoms with Gasteiger partial charge in [0.05, 0.1) is 0 Å². The van der Waals surface area contributed by atoms with Gasteiger partial charge in [0, 0.05) is 11.6 Å². The summed E-state index contributed by atoms with van der Waals surface area (Å²) in [6.45, 7) is 1.84. The lowest BCUT2D eigenvalue weighted by atomic mass is 10.2. The van der Waals surface area contributed by atoms with Crippen LogP contribution < -0.4 is 0 Å². The quantitative estimate of drug-likeness (QED) is 0.538.